The molecule has 3 aromatic carbocycles. The van der Waals surface area contributed by atoms with Crippen LogP contribution in [0.3, 0.4) is 0 Å². The van der Waals surface area contributed by atoms with E-state index in [0.29, 0.717) is 11.8 Å². The van der Waals surface area contributed by atoms with Crippen molar-refractivity contribution in [3.8, 4) is 5.69 Å². The van der Waals surface area contributed by atoms with Crippen LogP contribution in [0.1, 0.15) is 11.4 Å². The third kappa shape index (κ3) is 3.82. The van der Waals surface area contributed by atoms with Crippen molar-refractivity contribution >= 4 is 49.5 Å². The van der Waals surface area contributed by atoms with E-state index >= 15 is 0 Å². The summed E-state index contributed by atoms with van der Waals surface area (Å²) in [5.41, 5.74) is 3.88. The number of thioether (sulfide) groups is 1. The van der Waals surface area contributed by atoms with Crippen molar-refractivity contribution in [1.82, 2.24) is 14.5 Å². The zero-order valence-corrected chi connectivity index (χ0v) is 19.3. The number of aromatic amines is 1. The summed E-state index contributed by atoms with van der Waals surface area (Å²) in [5, 5.41) is 1.82. The molecule has 0 aliphatic carbocycles. The second kappa shape index (κ2) is 8.36. The lowest BCUT2D eigenvalue weighted by Crippen LogP contribution is -2.24. The standard InChI is InChI=1S/C25H20BrN3OS/c1-31-19-6-4-5-18(14-19)29-24(28-23-8-3-2-7-20(23)25(29)30)12-9-16-15-27-22-11-10-17(26)13-21(16)22/h2-8,10-11,13-15,27H,9,12H2,1H3. The molecule has 0 radical (unpaired) electrons. The number of fused-ring (bicyclic) bond motifs is 2. The summed E-state index contributed by atoms with van der Waals surface area (Å²) in [5.74, 6) is 0.770. The minimum Gasteiger partial charge on any atom is -0.361 e. The van der Waals surface area contributed by atoms with E-state index in [1.807, 2.05) is 48.7 Å². The average Bonchev–Trinajstić information content (AvgIpc) is 3.20. The van der Waals surface area contributed by atoms with Crippen LogP contribution < -0.4 is 5.56 Å². The minimum absolute atomic E-state index is 0.0273. The highest BCUT2D eigenvalue weighted by atomic mass is 79.9. The molecule has 154 valence electrons. The van der Waals surface area contributed by atoms with Crippen LogP contribution >= 0.6 is 27.7 Å². The Morgan fingerprint density at radius 3 is 2.74 bits per heavy atom. The van der Waals surface area contributed by atoms with E-state index in [2.05, 4.69) is 51.4 Å². The molecule has 5 aromatic rings. The molecular formula is C25H20BrN3OS. The quantitative estimate of drug-likeness (QED) is 0.301. The average molecular weight is 490 g/mol. The Balaban J connectivity index is 1.62. The number of H-pyrrole nitrogens is 1. The van der Waals surface area contributed by atoms with Gasteiger partial charge in [0.05, 0.1) is 16.6 Å². The molecule has 31 heavy (non-hydrogen) atoms. The molecule has 2 aromatic heterocycles. The Morgan fingerprint density at radius 1 is 1.00 bits per heavy atom. The maximum Gasteiger partial charge on any atom is 0.265 e. The molecule has 0 saturated carbocycles. The van der Waals surface area contributed by atoms with Gasteiger partial charge in [-0.1, -0.05) is 34.1 Å². The molecule has 0 atom stereocenters. The molecule has 0 bridgehead atoms. The second-order valence-electron chi connectivity index (χ2n) is 7.39. The topological polar surface area (TPSA) is 50.7 Å². The molecule has 0 amide bonds. The highest BCUT2D eigenvalue weighted by molar-refractivity contribution is 9.10. The van der Waals surface area contributed by atoms with E-state index in [9.17, 15) is 4.79 Å². The van der Waals surface area contributed by atoms with Crippen molar-refractivity contribution in [3.63, 3.8) is 0 Å². The fourth-order valence-electron chi connectivity index (χ4n) is 3.97. The molecule has 1 N–H and O–H groups in total. The Morgan fingerprint density at radius 2 is 1.87 bits per heavy atom. The van der Waals surface area contributed by atoms with Crippen LogP contribution in [-0.2, 0) is 12.8 Å². The molecule has 0 aliphatic rings. The normalized spacial score (nSPS) is 11.4. The first kappa shape index (κ1) is 20.1. The number of halogens is 1. The number of benzene rings is 3. The number of aryl methyl sites for hydroxylation is 2. The van der Waals surface area contributed by atoms with Gasteiger partial charge >= 0.3 is 0 Å². The van der Waals surface area contributed by atoms with Gasteiger partial charge in [-0.05, 0) is 66.8 Å². The molecule has 4 nitrogen and oxygen atoms in total. The van der Waals surface area contributed by atoms with Crippen molar-refractivity contribution in [1.29, 1.82) is 0 Å². The highest BCUT2D eigenvalue weighted by Gasteiger charge is 2.14. The Bertz CT molecular complexity index is 1470. The SMILES string of the molecule is CSc1cccc(-n2c(CCc3c[nH]c4ccc(Br)cc34)nc3ccccc3c2=O)c1. The fraction of sp³-hybridized carbons (Fsp3) is 0.120. The fourth-order valence-corrected chi connectivity index (χ4v) is 4.78. The number of hydrogen-bond acceptors (Lipinski definition) is 3. The van der Waals surface area contributed by atoms with Crippen LogP contribution in [0.2, 0.25) is 0 Å². The van der Waals surface area contributed by atoms with Crippen molar-refractivity contribution in [2.75, 3.05) is 6.26 Å². The lowest BCUT2D eigenvalue weighted by atomic mass is 10.1. The van der Waals surface area contributed by atoms with Gasteiger partial charge in [0.2, 0.25) is 0 Å². The number of para-hydroxylation sites is 1. The van der Waals surface area contributed by atoms with Gasteiger partial charge in [-0.25, -0.2) is 4.98 Å². The lowest BCUT2D eigenvalue weighted by Gasteiger charge is -2.14. The van der Waals surface area contributed by atoms with Crippen molar-refractivity contribution in [3.05, 3.63) is 99.1 Å². The zero-order chi connectivity index (χ0) is 21.4. The Labute approximate surface area is 192 Å². The van der Waals surface area contributed by atoms with Gasteiger partial charge in [0, 0.05) is 32.9 Å². The van der Waals surface area contributed by atoms with Gasteiger partial charge in [0.25, 0.3) is 5.56 Å². The van der Waals surface area contributed by atoms with E-state index in [1.165, 1.54) is 10.9 Å². The van der Waals surface area contributed by atoms with Gasteiger partial charge in [0.1, 0.15) is 5.82 Å². The third-order valence-electron chi connectivity index (χ3n) is 5.50. The van der Waals surface area contributed by atoms with Crippen LogP contribution in [0.4, 0.5) is 0 Å². The summed E-state index contributed by atoms with van der Waals surface area (Å²) in [4.78, 5) is 22.8. The van der Waals surface area contributed by atoms with Crippen LogP contribution in [-0.4, -0.2) is 20.8 Å². The summed E-state index contributed by atoms with van der Waals surface area (Å²) in [6.45, 7) is 0. The molecule has 2 heterocycles. The molecular weight excluding hydrogens is 470 g/mol. The summed E-state index contributed by atoms with van der Waals surface area (Å²) in [7, 11) is 0. The second-order valence-corrected chi connectivity index (χ2v) is 9.19. The molecule has 5 rings (SSSR count). The van der Waals surface area contributed by atoms with Crippen LogP contribution in [0, 0.1) is 0 Å². The smallest absolute Gasteiger partial charge is 0.265 e. The van der Waals surface area contributed by atoms with Crippen molar-refractivity contribution in [2.24, 2.45) is 0 Å². The van der Waals surface area contributed by atoms with E-state index < -0.39 is 0 Å². The molecule has 0 aliphatic heterocycles. The number of hydrogen-bond donors (Lipinski definition) is 1. The van der Waals surface area contributed by atoms with Gasteiger partial charge in [-0.3, -0.25) is 9.36 Å². The van der Waals surface area contributed by atoms with Crippen LogP contribution in [0.5, 0.6) is 0 Å². The first-order chi connectivity index (χ1) is 15.1. The first-order valence-electron chi connectivity index (χ1n) is 10.0. The van der Waals surface area contributed by atoms with Crippen molar-refractivity contribution < 1.29 is 0 Å². The van der Waals surface area contributed by atoms with Crippen molar-refractivity contribution in [2.45, 2.75) is 17.7 Å². The minimum atomic E-state index is -0.0273. The summed E-state index contributed by atoms with van der Waals surface area (Å²) >= 11 is 5.23. The highest BCUT2D eigenvalue weighted by Crippen LogP contribution is 2.25. The maximum absolute atomic E-state index is 13.5. The lowest BCUT2D eigenvalue weighted by molar-refractivity contribution is 0.790. The van der Waals surface area contributed by atoms with E-state index in [0.717, 1.165) is 38.3 Å². The third-order valence-corrected chi connectivity index (χ3v) is 6.72. The monoisotopic (exact) mass is 489 g/mol. The molecule has 0 spiro atoms. The van der Waals surface area contributed by atoms with Gasteiger partial charge in [0.15, 0.2) is 0 Å². The largest absolute Gasteiger partial charge is 0.361 e. The summed E-state index contributed by atoms with van der Waals surface area (Å²) in [6, 6.07) is 21.9. The zero-order valence-electron chi connectivity index (χ0n) is 16.9. The van der Waals surface area contributed by atoms with Gasteiger partial charge in [-0.15, -0.1) is 11.8 Å². The number of aromatic nitrogens is 3. The molecule has 0 fully saturated rings. The summed E-state index contributed by atoms with van der Waals surface area (Å²) < 4.78 is 2.82. The predicted octanol–water partition coefficient (Wildman–Crippen LogP) is 6.14. The van der Waals surface area contributed by atoms with E-state index in [-0.39, 0.29) is 5.56 Å². The van der Waals surface area contributed by atoms with E-state index in [1.54, 1.807) is 16.3 Å². The predicted molar refractivity (Wildman–Crippen MR) is 133 cm³/mol. The summed E-state index contributed by atoms with van der Waals surface area (Å²) in [6.07, 6.45) is 5.53. The first-order valence-corrected chi connectivity index (χ1v) is 12.1. The maximum atomic E-state index is 13.5. The Hall–Kier alpha value is -2.83. The number of rotatable bonds is 5. The number of nitrogens with one attached hydrogen (secondary N) is 1. The molecule has 6 heteroatoms. The van der Waals surface area contributed by atoms with Crippen LogP contribution in [0.15, 0.2) is 87.1 Å². The molecule has 0 saturated heterocycles. The Kier molecular flexibility index (Phi) is 5.42. The van der Waals surface area contributed by atoms with Gasteiger partial charge in [-0.2, -0.15) is 0 Å². The molecule has 0 unspecified atom stereocenters. The van der Waals surface area contributed by atoms with Gasteiger partial charge < -0.3 is 4.98 Å². The van der Waals surface area contributed by atoms with E-state index in [4.69, 9.17) is 4.98 Å². The number of nitrogens with zero attached hydrogens (tertiary/aromatic N) is 2. The van der Waals surface area contributed by atoms with Crippen LogP contribution in [0.25, 0.3) is 27.5 Å².